The summed E-state index contributed by atoms with van der Waals surface area (Å²) in [5.74, 6) is 3.01. The van der Waals surface area contributed by atoms with Gasteiger partial charge in [-0.2, -0.15) is 0 Å². The number of Topliss-reactive ketones (excluding diaryl/α,β-unsaturated/α-hetero) is 1. The van der Waals surface area contributed by atoms with Crippen molar-refractivity contribution in [2.24, 2.45) is 57.2 Å². The largest absolute Gasteiger partial charge is 0.466 e. The van der Waals surface area contributed by atoms with Gasteiger partial charge in [0.05, 0.1) is 12.7 Å². The van der Waals surface area contributed by atoms with Gasteiger partial charge >= 0.3 is 5.97 Å². The maximum atomic E-state index is 12.8. The third-order valence-corrected chi connectivity index (χ3v) is 14.2. The molecule has 0 aromatic rings. The van der Waals surface area contributed by atoms with Crippen molar-refractivity contribution in [2.45, 2.75) is 151 Å². The Morgan fingerprint density at radius 1 is 0.818 bits per heavy atom. The summed E-state index contributed by atoms with van der Waals surface area (Å²) in [5.41, 5.74) is 2.81. The number of ether oxygens (including phenoxy) is 1. The highest BCUT2D eigenvalue weighted by molar-refractivity contribution is 5.85. The third kappa shape index (κ3) is 6.82. The SMILES string of the molecule is C=C1CCC2C(C)(C)C(=O)CCC2(C)C1CCC(C)CC(=O)OCCC(C)CCC1C(=C)CCC2C(C)(C)C(O)CCC12C. The Bertz CT molecular complexity index is 1080. The molecule has 44 heavy (non-hydrogen) atoms. The van der Waals surface area contributed by atoms with Crippen molar-refractivity contribution in [3.8, 4) is 0 Å². The van der Waals surface area contributed by atoms with Gasteiger partial charge in [-0.25, -0.2) is 0 Å². The topological polar surface area (TPSA) is 63.6 Å². The molecule has 9 unspecified atom stereocenters. The number of hydrogen-bond acceptors (Lipinski definition) is 4. The van der Waals surface area contributed by atoms with E-state index in [0.717, 1.165) is 77.0 Å². The summed E-state index contributed by atoms with van der Waals surface area (Å²) in [5, 5.41) is 10.8. The van der Waals surface area contributed by atoms with Gasteiger partial charge in [0.15, 0.2) is 0 Å². The Balaban J connectivity index is 1.20. The van der Waals surface area contributed by atoms with Crippen LogP contribution in [0.5, 0.6) is 0 Å². The quantitative estimate of drug-likeness (QED) is 0.187. The first-order valence-corrected chi connectivity index (χ1v) is 18.2. The summed E-state index contributed by atoms with van der Waals surface area (Å²) in [6.07, 6.45) is 13.4. The molecule has 0 aromatic heterocycles. The summed E-state index contributed by atoms with van der Waals surface area (Å²) in [6, 6.07) is 0. The number of hydrogen-bond donors (Lipinski definition) is 1. The van der Waals surface area contributed by atoms with E-state index in [0.29, 0.717) is 54.8 Å². The summed E-state index contributed by atoms with van der Waals surface area (Å²) < 4.78 is 5.76. The van der Waals surface area contributed by atoms with Gasteiger partial charge in [-0.3, -0.25) is 9.59 Å². The maximum absolute atomic E-state index is 12.8. The molecular formula is C40H66O4. The minimum atomic E-state index is -0.250. The molecule has 1 N–H and O–H groups in total. The van der Waals surface area contributed by atoms with E-state index < -0.39 is 0 Å². The van der Waals surface area contributed by atoms with Gasteiger partial charge in [-0.1, -0.05) is 79.7 Å². The molecule has 0 heterocycles. The number of ketones is 1. The lowest BCUT2D eigenvalue weighted by Crippen LogP contribution is -2.54. The monoisotopic (exact) mass is 610 g/mol. The Hall–Kier alpha value is -1.42. The molecule has 0 amide bonds. The molecule has 4 rings (SSSR count). The molecule has 4 nitrogen and oxygen atoms in total. The van der Waals surface area contributed by atoms with Crippen LogP contribution in [0.15, 0.2) is 24.3 Å². The molecule has 0 aliphatic heterocycles. The lowest BCUT2D eigenvalue weighted by molar-refractivity contribution is -0.146. The fraction of sp³-hybridized carbons (Fsp3) is 0.850. The Labute approximate surface area is 270 Å². The summed E-state index contributed by atoms with van der Waals surface area (Å²) in [7, 11) is 0. The molecular weight excluding hydrogens is 544 g/mol. The molecule has 4 heteroatoms. The number of fused-ring (bicyclic) bond motifs is 2. The van der Waals surface area contributed by atoms with Crippen molar-refractivity contribution in [3.63, 3.8) is 0 Å². The molecule has 0 radical (unpaired) electrons. The van der Waals surface area contributed by atoms with Gasteiger partial charge in [-0.05, 0) is 129 Å². The highest BCUT2D eigenvalue weighted by Crippen LogP contribution is 2.62. The van der Waals surface area contributed by atoms with E-state index in [-0.39, 0.29) is 39.7 Å². The minimum absolute atomic E-state index is 0.0408. The second-order valence-electron chi connectivity index (χ2n) is 17.7. The predicted molar refractivity (Wildman–Crippen MR) is 181 cm³/mol. The number of aliphatic hydroxyl groups is 1. The van der Waals surface area contributed by atoms with E-state index in [1.807, 2.05) is 0 Å². The van der Waals surface area contributed by atoms with E-state index in [1.165, 1.54) is 11.1 Å². The lowest BCUT2D eigenvalue weighted by atomic mass is 9.46. The van der Waals surface area contributed by atoms with E-state index in [4.69, 9.17) is 4.74 Å². The first kappa shape index (κ1) is 35.4. The second kappa shape index (κ2) is 13.4. The molecule has 4 aliphatic carbocycles. The van der Waals surface area contributed by atoms with Crippen LogP contribution in [0.2, 0.25) is 0 Å². The average Bonchev–Trinajstić information content (AvgIpc) is 2.92. The Kier molecular flexibility index (Phi) is 10.8. The van der Waals surface area contributed by atoms with Crippen LogP contribution in [-0.4, -0.2) is 29.6 Å². The summed E-state index contributed by atoms with van der Waals surface area (Å²) in [6.45, 7) is 27.7. The number of rotatable bonds is 11. The van der Waals surface area contributed by atoms with E-state index in [2.05, 4.69) is 68.5 Å². The average molecular weight is 611 g/mol. The fourth-order valence-corrected chi connectivity index (χ4v) is 11.1. The van der Waals surface area contributed by atoms with Crippen molar-refractivity contribution < 1.29 is 19.4 Å². The molecule has 250 valence electrons. The number of aliphatic hydroxyl groups excluding tert-OH is 1. The van der Waals surface area contributed by atoms with Crippen molar-refractivity contribution >= 4 is 11.8 Å². The number of carbonyl (C=O) groups excluding carboxylic acids is 2. The van der Waals surface area contributed by atoms with Crippen LogP contribution >= 0.6 is 0 Å². The molecule has 0 spiro atoms. The van der Waals surface area contributed by atoms with Crippen LogP contribution in [0.4, 0.5) is 0 Å². The standard InChI is InChI=1S/C40H66O4/c1-26(11-15-30-28(3)13-17-32-37(5,6)34(41)19-22-39(30,32)9)21-24-44-36(43)25-27(2)12-16-31-29(4)14-18-33-38(7,8)35(42)20-23-40(31,33)10/h26-27,30-34,41H,3-4,11-25H2,1-2,5-10H3. The normalized spacial score (nSPS) is 37.9. The van der Waals surface area contributed by atoms with E-state index in [9.17, 15) is 14.7 Å². The molecule has 0 bridgehead atoms. The third-order valence-electron chi connectivity index (χ3n) is 14.2. The highest BCUT2D eigenvalue weighted by Gasteiger charge is 2.57. The Morgan fingerprint density at radius 3 is 1.98 bits per heavy atom. The van der Waals surface area contributed by atoms with Crippen LogP contribution in [-0.2, 0) is 14.3 Å². The zero-order valence-electron chi connectivity index (χ0n) is 29.7. The summed E-state index contributed by atoms with van der Waals surface area (Å²) in [4.78, 5) is 25.5. The maximum Gasteiger partial charge on any atom is 0.306 e. The van der Waals surface area contributed by atoms with Gasteiger partial charge in [-0.15, -0.1) is 0 Å². The van der Waals surface area contributed by atoms with Crippen molar-refractivity contribution in [1.82, 2.24) is 0 Å². The molecule has 0 aromatic carbocycles. The molecule has 0 saturated heterocycles. The van der Waals surface area contributed by atoms with Crippen molar-refractivity contribution in [3.05, 3.63) is 24.3 Å². The van der Waals surface area contributed by atoms with Gasteiger partial charge < -0.3 is 9.84 Å². The second-order valence-corrected chi connectivity index (χ2v) is 17.7. The van der Waals surface area contributed by atoms with Crippen molar-refractivity contribution in [2.75, 3.05) is 6.61 Å². The van der Waals surface area contributed by atoms with Gasteiger partial charge in [0, 0.05) is 18.3 Å². The van der Waals surface area contributed by atoms with Crippen LogP contribution in [0, 0.1) is 57.2 Å². The van der Waals surface area contributed by atoms with Gasteiger partial charge in [0.25, 0.3) is 0 Å². The smallest absolute Gasteiger partial charge is 0.306 e. The number of allylic oxidation sites excluding steroid dienone is 2. The zero-order chi connectivity index (χ0) is 32.7. The van der Waals surface area contributed by atoms with Gasteiger partial charge in [0.2, 0.25) is 0 Å². The minimum Gasteiger partial charge on any atom is -0.466 e. The number of esters is 1. The molecule has 9 atom stereocenters. The Morgan fingerprint density at radius 2 is 1.36 bits per heavy atom. The van der Waals surface area contributed by atoms with Crippen LogP contribution in [0.25, 0.3) is 0 Å². The fourth-order valence-electron chi connectivity index (χ4n) is 11.1. The molecule has 4 aliphatic rings. The molecule has 4 fully saturated rings. The van der Waals surface area contributed by atoms with Gasteiger partial charge in [0.1, 0.15) is 5.78 Å². The van der Waals surface area contributed by atoms with E-state index >= 15 is 0 Å². The van der Waals surface area contributed by atoms with Crippen molar-refractivity contribution in [1.29, 1.82) is 0 Å². The highest BCUT2D eigenvalue weighted by atomic mass is 16.5. The first-order chi connectivity index (χ1) is 20.4. The predicted octanol–water partition coefficient (Wildman–Crippen LogP) is 9.89. The lowest BCUT2D eigenvalue weighted by Gasteiger charge is -2.59. The molecule has 4 saturated carbocycles. The summed E-state index contributed by atoms with van der Waals surface area (Å²) >= 11 is 0. The van der Waals surface area contributed by atoms with Crippen LogP contribution in [0.1, 0.15) is 145 Å². The van der Waals surface area contributed by atoms with Crippen LogP contribution in [0.3, 0.4) is 0 Å². The van der Waals surface area contributed by atoms with Crippen LogP contribution < -0.4 is 0 Å². The number of carbonyl (C=O) groups is 2. The zero-order valence-corrected chi connectivity index (χ0v) is 29.7. The first-order valence-electron chi connectivity index (χ1n) is 18.2. The van der Waals surface area contributed by atoms with E-state index in [1.54, 1.807) is 0 Å².